The van der Waals surface area contributed by atoms with Gasteiger partial charge in [-0.3, -0.25) is 4.98 Å². The number of hydrogen-bond donors (Lipinski definition) is 0. The molecular formula is C16H15N3O3. The molecule has 0 aliphatic rings. The van der Waals surface area contributed by atoms with Crippen molar-refractivity contribution in [3.63, 3.8) is 0 Å². The Kier molecular flexibility index (Phi) is 3.84. The van der Waals surface area contributed by atoms with E-state index in [1.165, 1.54) is 7.11 Å². The SMILES string of the molecule is COCc1nn(-c2ccnc3ccccc23)cc1C(=O)OC. The second-order valence-electron chi connectivity index (χ2n) is 4.71. The van der Waals surface area contributed by atoms with E-state index in [9.17, 15) is 4.79 Å². The largest absolute Gasteiger partial charge is 0.465 e. The summed E-state index contributed by atoms with van der Waals surface area (Å²) in [4.78, 5) is 16.2. The van der Waals surface area contributed by atoms with Crippen LogP contribution in [0.15, 0.2) is 42.7 Å². The highest BCUT2D eigenvalue weighted by atomic mass is 16.5. The third kappa shape index (κ3) is 2.44. The third-order valence-electron chi connectivity index (χ3n) is 3.35. The molecule has 0 N–H and O–H groups in total. The lowest BCUT2D eigenvalue weighted by Crippen LogP contribution is -2.04. The maximum Gasteiger partial charge on any atom is 0.341 e. The molecule has 0 saturated carbocycles. The summed E-state index contributed by atoms with van der Waals surface area (Å²) < 4.78 is 11.6. The maximum atomic E-state index is 11.9. The van der Waals surface area contributed by atoms with Gasteiger partial charge in [0.2, 0.25) is 0 Å². The van der Waals surface area contributed by atoms with E-state index in [4.69, 9.17) is 9.47 Å². The number of methoxy groups -OCH3 is 2. The average molecular weight is 297 g/mol. The summed E-state index contributed by atoms with van der Waals surface area (Å²) in [5, 5.41) is 5.40. The van der Waals surface area contributed by atoms with E-state index in [-0.39, 0.29) is 6.61 Å². The van der Waals surface area contributed by atoms with Crippen LogP contribution in [0.2, 0.25) is 0 Å². The van der Waals surface area contributed by atoms with Crippen molar-refractivity contribution in [2.45, 2.75) is 6.61 Å². The Morgan fingerprint density at radius 3 is 2.82 bits per heavy atom. The predicted molar refractivity (Wildman–Crippen MR) is 80.9 cm³/mol. The van der Waals surface area contributed by atoms with E-state index in [1.807, 2.05) is 30.3 Å². The summed E-state index contributed by atoms with van der Waals surface area (Å²) in [6, 6.07) is 9.62. The van der Waals surface area contributed by atoms with Gasteiger partial charge < -0.3 is 9.47 Å². The monoisotopic (exact) mass is 297 g/mol. The fourth-order valence-electron chi connectivity index (χ4n) is 2.34. The van der Waals surface area contributed by atoms with Gasteiger partial charge in [0.1, 0.15) is 11.3 Å². The van der Waals surface area contributed by atoms with Crippen LogP contribution >= 0.6 is 0 Å². The van der Waals surface area contributed by atoms with Crippen molar-refractivity contribution in [3.8, 4) is 5.69 Å². The van der Waals surface area contributed by atoms with Gasteiger partial charge in [0.25, 0.3) is 0 Å². The standard InChI is InChI=1S/C16H15N3O3/c1-21-10-14-12(16(20)22-2)9-19(18-14)15-7-8-17-13-6-4-3-5-11(13)15/h3-9H,10H2,1-2H3. The lowest BCUT2D eigenvalue weighted by atomic mass is 10.2. The van der Waals surface area contributed by atoms with E-state index in [0.717, 1.165) is 16.6 Å². The molecule has 0 atom stereocenters. The summed E-state index contributed by atoms with van der Waals surface area (Å²) >= 11 is 0. The van der Waals surface area contributed by atoms with Crippen LogP contribution in [0.25, 0.3) is 16.6 Å². The molecular weight excluding hydrogens is 282 g/mol. The minimum Gasteiger partial charge on any atom is -0.465 e. The Morgan fingerprint density at radius 2 is 2.05 bits per heavy atom. The Hall–Kier alpha value is -2.73. The highest BCUT2D eigenvalue weighted by Gasteiger charge is 2.18. The van der Waals surface area contributed by atoms with E-state index in [0.29, 0.717) is 11.3 Å². The number of hydrogen-bond acceptors (Lipinski definition) is 5. The number of benzene rings is 1. The first-order valence-corrected chi connectivity index (χ1v) is 6.74. The first-order valence-electron chi connectivity index (χ1n) is 6.74. The highest BCUT2D eigenvalue weighted by Crippen LogP contribution is 2.21. The number of para-hydroxylation sites is 1. The van der Waals surface area contributed by atoms with E-state index < -0.39 is 5.97 Å². The number of rotatable bonds is 4. The predicted octanol–water partition coefficient (Wildman–Crippen LogP) is 2.35. The number of ether oxygens (including phenoxy) is 2. The molecule has 0 aliphatic heterocycles. The number of carbonyl (C=O) groups excluding carboxylic acids is 1. The van der Waals surface area contributed by atoms with Gasteiger partial charge in [-0.05, 0) is 12.1 Å². The van der Waals surface area contributed by atoms with Crippen LogP contribution in [0.5, 0.6) is 0 Å². The average Bonchev–Trinajstić information content (AvgIpc) is 2.98. The zero-order chi connectivity index (χ0) is 15.5. The van der Waals surface area contributed by atoms with Crippen LogP contribution in [-0.2, 0) is 16.1 Å². The molecule has 112 valence electrons. The van der Waals surface area contributed by atoms with E-state index in [1.54, 1.807) is 24.2 Å². The number of carbonyl (C=O) groups is 1. The van der Waals surface area contributed by atoms with Crippen molar-refractivity contribution < 1.29 is 14.3 Å². The van der Waals surface area contributed by atoms with Crippen molar-refractivity contribution in [2.75, 3.05) is 14.2 Å². The molecule has 6 nitrogen and oxygen atoms in total. The van der Waals surface area contributed by atoms with Crippen molar-refractivity contribution in [1.82, 2.24) is 14.8 Å². The first kappa shape index (κ1) is 14.2. The van der Waals surface area contributed by atoms with Crippen molar-refractivity contribution in [2.24, 2.45) is 0 Å². The van der Waals surface area contributed by atoms with Gasteiger partial charge in [-0.1, -0.05) is 18.2 Å². The zero-order valence-electron chi connectivity index (χ0n) is 12.3. The Balaban J connectivity index is 2.16. The van der Waals surface area contributed by atoms with Gasteiger partial charge in [0.05, 0.1) is 24.9 Å². The molecule has 0 spiro atoms. The number of fused-ring (bicyclic) bond motifs is 1. The molecule has 6 heteroatoms. The fraction of sp³-hybridized carbons (Fsp3) is 0.188. The molecule has 1 aromatic carbocycles. The summed E-state index contributed by atoms with van der Waals surface area (Å²) in [6.07, 6.45) is 3.37. The molecule has 0 aliphatic carbocycles. The molecule has 0 fully saturated rings. The van der Waals surface area contributed by atoms with Crippen LogP contribution in [0.1, 0.15) is 16.1 Å². The lowest BCUT2D eigenvalue weighted by molar-refractivity contribution is 0.0596. The van der Waals surface area contributed by atoms with Gasteiger partial charge in [-0.2, -0.15) is 5.10 Å². The van der Waals surface area contributed by atoms with Crippen LogP contribution in [0, 0.1) is 0 Å². The summed E-state index contributed by atoms with van der Waals surface area (Å²) in [7, 11) is 2.90. The zero-order valence-corrected chi connectivity index (χ0v) is 12.3. The second-order valence-corrected chi connectivity index (χ2v) is 4.71. The molecule has 2 heterocycles. The Morgan fingerprint density at radius 1 is 1.23 bits per heavy atom. The minimum atomic E-state index is -0.434. The summed E-state index contributed by atoms with van der Waals surface area (Å²) in [5.41, 5.74) is 2.64. The van der Waals surface area contributed by atoms with Crippen molar-refractivity contribution >= 4 is 16.9 Å². The topological polar surface area (TPSA) is 66.2 Å². The smallest absolute Gasteiger partial charge is 0.341 e. The van der Waals surface area contributed by atoms with Gasteiger partial charge in [0, 0.05) is 24.9 Å². The van der Waals surface area contributed by atoms with Crippen LogP contribution < -0.4 is 0 Å². The van der Waals surface area contributed by atoms with Crippen LogP contribution in [-0.4, -0.2) is 35.0 Å². The number of pyridine rings is 1. The first-order chi connectivity index (χ1) is 10.7. The summed E-state index contributed by atoms with van der Waals surface area (Å²) in [5.74, 6) is -0.434. The second kappa shape index (κ2) is 5.95. The van der Waals surface area contributed by atoms with E-state index in [2.05, 4.69) is 10.1 Å². The fourth-order valence-corrected chi connectivity index (χ4v) is 2.34. The molecule has 0 amide bonds. The summed E-state index contributed by atoms with van der Waals surface area (Å²) in [6.45, 7) is 0.237. The Bertz CT molecular complexity index is 821. The molecule has 0 radical (unpaired) electrons. The van der Waals surface area contributed by atoms with Gasteiger partial charge in [-0.25, -0.2) is 9.48 Å². The Labute approximate surface area is 127 Å². The molecule has 22 heavy (non-hydrogen) atoms. The molecule has 0 unspecified atom stereocenters. The molecule has 2 aromatic heterocycles. The van der Waals surface area contributed by atoms with E-state index >= 15 is 0 Å². The molecule has 3 rings (SSSR count). The van der Waals surface area contributed by atoms with Crippen LogP contribution in [0.3, 0.4) is 0 Å². The molecule has 0 saturated heterocycles. The third-order valence-corrected chi connectivity index (χ3v) is 3.35. The highest BCUT2D eigenvalue weighted by molar-refractivity contribution is 5.91. The van der Waals surface area contributed by atoms with Gasteiger partial charge >= 0.3 is 5.97 Å². The van der Waals surface area contributed by atoms with Crippen LogP contribution in [0.4, 0.5) is 0 Å². The number of aromatic nitrogens is 3. The quantitative estimate of drug-likeness (QED) is 0.692. The normalized spacial score (nSPS) is 10.8. The molecule has 3 aromatic rings. The molecule has 0 bridgehead atoms. The lowest BCUT2D eigenvalue weighted by Gasteiger charge is -2.05. The number of esters is 1. The van der Waals surface area contributed by atoms with Crippen molar-refractivity contribution in [1.29, 1.82) is 0 Å². The maximum absolute atomic E-state index is 11.9. The van der Waals surface area contributed by atoms with Crippen molar-refractivity contribution in [3.05, 3.63) is 54.0 Å². The number of nitrogens with zero attached hydrogens (tertiary/aromatic N) is 3. The van der Waals surface area contributed by atoms with Gasteiger partial charge in [-0.15, -0.1) is 0 Å². The minimum absolute atomic E-state index is 0.237. The van der Waals surface area contributed by atoms with Gasteiger partial charge in [0.15, 0.2) is 0 Å².